The van der Waals surface area contributed by atoms with E-state index in [1.54, 1.807) is 39.3 Å². The minimum Gasteiger partial charge on any atom is -0.345 e. The third-order valence-corrected chi connectivity index (χ3v) is 7.82. The second kappa shape index (κ2) is 8.09. The van der Waals surface area contributed by atoms with Crippen LogP contribution >= 0.6 is 0 Å². The number of hydrogen-bond donors (Lipinski definition) is 0. The van der Waals surface area contributed by atoms with Crippen molar-refractivity contribution in [2.45, 2.75) is 37.1 Å². The predicted octanol–water partition coefficient (Wildman–Crippen LogP) is 2.97. The van der Waals surface area contributed by atoms with Crippen LogP contribution in [0.15, 0.2) is 41.3 Å². The summed E-state index contributed by atoms with van der Waals surface area (Å²) >= 11 is 0. The van der Waals surface area contributed by atoms with Crippen LogP contribution in [0.4, 0.5) is 0 Å². The van der Waals surface area contributed by atoms with Crippen molar-refractivity contribution >= 4 is 27.0 Å². The minimum atomic E-state index is -3.64. The van der Waals surface area contributed by atoms with Gasteiger partial charge in [-0.1, -0.05) is 6.07 Å². The number of benzene rings is 2. The molecule has 0 aliphatic heterocycles. The number of hydrogen-bond acceptors (Lipinski definition) is 4. The van der Waals surface area contributed by atoms with E-state index in [2.05, 4.69) is 4.98 Å². The van der Waals surface area contributed by atoms with E-state index in [9.17, 15) is 13.2 Å². The Morgan fingerprint density at radius 1 is 1.03 bits per heavy atom. The van der Waals surface area contributed by atoms with Gasteiger partial charge in [0.25, 0.3) is 5.91 Å². The lowest BCUT2D eigenvalue weighted by Gasteiger charge is -2.20. The van der Waals surface area contributed by atoms with E-state index in [0.717, 1.165) is 36.8 Å². The summed E-state index contributed by atoms with van der Waals surface area (Å²) in [5.41, 5.74) is 4.47. The van der Waals surface area contributed by atoms with E-state index in [-0.39, 0.29) is 12.5 Å². The Morgan fingerprint density at radius 3 is 2.45 bits per heavy atom. The lowest BCUT2D eigenvalue weighted by Crippen LogP contribution is -2.28. The highest BCUT2D eigenvalue weighted by molar-refractivity contribution is 7.89. The summed E-state index contributed by atoms with van der Waals surface area (Å²) in [5.74, 6) is 0.523. The summed E-state index contributed by atoms with van der Waals surface area (Å²) in [6, 6.07) is 10.9. The maximum Gasteiger partial charge on any atom is 0.253 e. The Kier molecular flexibility index (Phi) is 5.61. The number of imidazole rings is 1. The van der Waals surface area contributed by atoms with Crippen LogP contribution in [0.2, 0.25) is 0 Å². The minimum absolute atomic E-state index is 0.0961. The molecule has 0 N–H and O–H groups in total. The number of carbonyl (C=O) groups is 1. The van der Waals surface area contributed by atoms with Gasteiger partial charge in [-0.3, -0.25) is 4.79 Å². The highest BCUT2D eigenvalue weighted by Gasteiger charge is 2.24. The van der Waals surface area contributed by atoms with Crippen molar-refractivity contribution in [2.24, 2.45) is 7.05 Å². The molecular formula is C23H28N4O3S. The molecule has 1 amide bonds. The summed E-state index contributed by atoms with van der Waals surface area (Å²) in [6.45, 7) is 0.140. The molecule has 0 bridgehead atoms. The molecule has 7 nitrogen and oxygen atoms in total. The van der Waals surface area contributed by atoms with E-state index < -0.39 is 10.0 Å². The van der Waals surface area contributed by atoms with Gasteiger partial charge in [0.2, 0.25) is 10.0 Å². The molecule has 1 aliphatic rings. The van der Waals surface area contributed by atoms with Gasteiger partial charge in [-0.05, 0) is 67.1 Å². The molecule has 1 aromatic heterocycles. The average molecular weight is 441 g/mol. The van der Waals surface area contributed by atoms with Gasteiger partial charge in [-0.2, -0.15) is 4.31 Å². The third-order valence-electron chi connectivity index (χ3n) is 6.02. The van der Waals surface area contributed by atoms with Gasteiger partial charge in [-0.25, -0.2) is 13.4 Å². The van der Waals surface area contributed by atoms with Crippen molar-refractivity contribution in [3.8, 4) is 0 Å². The van der Waals surface area contributed by atoms with Crippen LogP contribution in [0.1, 0.15) is 40.2 Å². The maximum absolute atomic E-state index is 13.2. The molecule has 8 heteroatoms. The van der Waals surface area contributed by atoms with Gasteiger partial charge >= 0.3 is 0 Å². The van der Waals surface area contributed by atoms with Crippen LogP contribution in [0.25, 0.3) is 11.0 Å². The molecule has 0 radical (unpaired) electrons. The molecule has 31 heavy (non-hydrogen) atoms. The first-order valence-electron chi connectivity index (χ1n) is 10.4. The summed E-state index contributed by atoms with van der Waals surface area (Å²) in [4.78, 5) is 18.7. The number of carbonyl (C=O) groups excluding carboxylic acids is 1. The molecule has 0 atom stereocenters. The van der Waals surface area contributed by atoms with Crippen molar-refractivity contribution in [1.29, 1.82) is 0 Å². The molecule has 3 aromatic rings. The lowest BCUT2D eigenvalue weighted by atomic mass is 9.92. The van der Waals surface area contributed by atoms with Crippen LogP contribution in [0.3, 0.4) is 0 Å². The van der Waals surface area contributed by atoms with Crippen LogP contribution in [-0.4, -0.2) is 54.2 Å². The molecule has 0 fully saturated rings. The Hall–Kier alpha value is -2.71. The SMILES string of the molecule is CN(C)C(=O)c1ccc2c(c1)nc(CN(C)S(=O)(=O)c1ccc3c(c1)CCCC3)n2C. The van der Waals surface area contributed by atoms with E-state index in [0.29, 0.717) is 21.8 Å². The number of sulfonamides is 1. The topological polar surface area (TPSA) is 75.5 Å². The van der Waals surface area contributed by atoms with Crippen LogP contribution in [0, 0.1) is 0 Å². The largest absolute Gasteiger partial charge is 0.345 e. The zero-order valence-corrected chi connectivity index (χ0v) is 19.2. The van der Waals surface area contributed by atoms with E-state index in [1.807, 2.05) is 29.8 Å². The zero-order chi connectivity index (χ0) is 22.3. The zero-order valence-electron chi connectivity index (χ0n) is 18.4. The van der Waals surface area contributed by atoms with Crippen molar-refractivity contribution in [2.75, 3.05) is 21.1 Å². The summed E-state index contributed by atoms with van der Waals surface area (Å²) in [7, 11) is 3.21. The highest BCUT2D eigenvalue weighted by Crippen LogP contribution is 2.26. The van der Waals surface area contributed by atoms with Crippen molar-refractivity contribution in [1.82, 2.24) is 18.8 Å². The standard InChI is InChI=1S/C23H28N4O3S/c1-25(2)23(28)18-10-12-21-20(14-18)24-22(27(21)4)15-26(3)31(29,30)19-11-9-16-7-5-6-8-17(16)13-19/h9-14H,5-8,15H2,1-4H3. The number of amides is 1. The fraction of sp³-hybridized carbons (Fsp3) is 0.391. The highest BCUT2D eigenvalue weighted by atomic mass is 32.2. The first-order chi connectivity index (χ1) is 14.7. The maximum atomic E-state index is 13.2. The molecule has 4 rings (SSSR count). The quantitative estimate of drug-likeness (QED) is 0.611. The molecule has 0 saturated carbocycles. The Balaban J connectivity index is 1.62. The number of nitrogens with zero attached hydrogens (tertiary/aromatic N) is 4. The van der Waals surface area contributed by atoms with Crippen molar-refractivity contribution in [3.05, 3.63) is 58.9 Å². The van der Waals surface area contributed by atoms with Crippen LogP contribution < -0.4 is 0 Å². The van der Waals surface area contributed by atoms with Crippen LogP contribution in [-0.2, 0) is 36.5 Å². The lowest BCUT2D eigenvalue weighted by molar-refractivity contribution is 0.0827. The molecule has 0 saturated heterocycles. The van der Waals surface area contributed by atoms with Gasteiger partial charge in [0.15, 0.2) is 0 Å². The predicted molar refractivity (Wildman–Crippen MR) is 120 cm³/mol. The number of aromatic nitrogens is 2. The van der Waals surface area contributed by atoms with Gasteiger partial charge in [0.1, 0.15) is 5.82 Å². The van der Waals surface area contributed by atoms with Gasteiger partial charge in [0.05, 0.1) is 22.5 Å². The number of aryl methyl sites for hydroxylation is 3. The van der Waals surface area contributed by atoms with Crippen molar-refractivity contribution < 1.29 is 13.2 Å². The summed E-state index contributed by atoms with van der Waals surface area (Å²) in [6.07, 6.45) is 4.21. The summed E-state index contributed by atoms with van der Waals surface area (Å²) in [5, 5.41) is 0. The van der Waals surface area contributed by atoms with E-state index in [1.165, 1.54) is 14.8 Å². The summed E-state index contributed by atoms with van der Waals surface area (Å²) < 4.78 is 29.6. The Labute approximate surface area is 183 Å². The van der Waals surface area contributed by atoms with Gasteiger partial charge in [-0.15, -0.1) is 0 Å². The molecule has 2 aromatic carbocycles. The smallest absolute Gasteiger partial charge is 0.253 e. The second-order valence-corrected chi connectivity index (χ2v) is 10.4. The Morgan fingerprint density at radius 2 is 1.74 bits per heavy atom. The molecular weight excluding hydrogens is 412 g/mol. The molecule has 0 spiro atoms. The number of fused-ring (bicyclic) bond motifs is 2. The first-order valence-corrected chi connectivity index (χ1v) is 11.9. The molecule has 1 heterocycles. The second-order valence-electron chi connectivity index (χ2n) is 8.39. The van der Waals surface area contributed by atoms with Crippen molar-refractivity contribution in [3.63, 3.8) is 0 Å². The monoisotopic (exact) mass is 440 g/mol. The fourth-order valence-electron chi connectivity index (χ4n) is 4.12. The molecule has 1 aliphatic carbocycles. The van der Waals surface area contributed by atoms with E-state index >= 15 is 0 Å². The average Bonchev–Trinajstić information content (AvgIpc) is 3.07. The number of rotatable bonds is 5. The van der Waals surface area contributed by atoms with E-state index in [4.69, 9.17) is 0 Å². The molecule has 0 unspecified atom stereocenters. The van der Waals surface area contributed by atoms with Gasteiger partial charge < -0.3 is 9.47 Å². The normalized spacial score (nSPS) is 14.1. The molecule has 164 valence electrons. The fourth-order valence-corrected chi connectivity index (χ4v) is 5.29. The van der Waals surface area contributed by atoms with Crippen LogP contribution in [0.5, 0.6) is 0 Å². The first kappa shape index (κ1) is 21.5. The third kappa shape index (κ3) is 3.97. The Bertz CT molecular complexity index is 1260. The van der Waals surface area contributed by atoms with Gasteiger partial charge in [0, 0.05) is 33.8 Å².